The maximum Gasteiger partial charge on any atom is 0.216 e. The van der Waals surface area contributed by atoms with Crippen LogP contribution in [0.1, 0.15) is 10.4 Å². The number of carbonyl (C=O) groups excluding carboxylic acids is 1. The van der Waals surface area contributed by atoms with Crippen LogP contribution in [-0.2, 0) is 0 Å². The number of fused-ring (bicyclic) bond motifs is 1. The zero-order valence-electron chi connectivity index (χ0n) is 13.1. The van der Waals surface area contributed by atoms with Crippen LogP contribution in [-0.4, -0.2) is 37.0 Å². The molecule has 3 aromatic rings. The van der Waals surface area contributed by atoms with E-state index < -0.39 is 0 Å². The van der Waals surface area contributed by atoms with E-state index >= 15 is 0 Å². The number of pyridine rings is 1. The summed E-state index contributed by atoms with van der Waals surface area (Å²) in [5.74, 6) is 0.140. The molecule has 0 spiro atoms. The number of halogens is 1. The van der Waals surface area contributed by atoms with Crippen molar-refractivity contribution in [3.05, 3.63) is 63.7 Å². The molecule has 9 heteroatoms. The lowest BCUT2D eigenvalue weighted by atomic mass is 10.0. The minimum Gasteiger partial charge on any atom is -0.507 e. The summed E-state index contributed by atoms with van der Waals surface area (Å²) in [6.07, 6.45) is 4.77. The predicted molar refractivity (Wildman–Crippen MR) is 101 cm³/mol. The zero-order chi connectivity index (χ0) is 18.1. The van der Waals surface area contributed by atoms with Crippen LogP contribution in [0.4, 0.5) is 0 Å². The van der Waals surface area contributed by atoms with E-state index in [1.54, 1.807) is 46.7 Å². The highest BCUT2D eigenvalue weighted by atomic mass is 79.9. The molecule has 1 N–H and O–H groups in total. The molecule has 0 radical (unpaired) electrons. The van der Waals surface area contributed by atoms with Gasteiger partial charge in [0.2, 0.25) is 5.16 Å². The number of phenols is 1. The van der Waals surface area contributed by atoms with Gasteiger partial charge in [0.05, 0.1) is 11.8 Å². The van der Waals surface area contributed by atoms with E-state index in [0.29, 0.717) is 21.0 Å². The van der Waals surface area contributed by atoms with Crippen LogP contribution in [0.25, 0.3) is 11.4 Å². The third-order valence-corrected chi connectivity index (χ3v) is 4.95. The number of rotatable bonds is 3. The largest absolute Gasteiger partial charge is 0.507 e. The molecule has 0 aliphatic carbocycles. The lowest BCUT2D eigenvalue weighted by Crippen LogP contribution is -2.05. The summed E-state index contributed by atoms with van der Waals surface area (Å²) >= 11 is 4.55. The molecule has 7 nitrogen and oxygen atoms in total. The van der Waals surface area contributed by atoms with Gasteiger partial charge in [0.1, 0.15) is 5.75 Å². The molecule has 1 aliphatic rings. The van der Waals surface area contributed by atoms with E-state index in [9.17, 15) is 9.90 Å². The van der Waals surface area contributed by atoms with Gasteiger partial charge in [0.25, 0.3) is 0 Å². The smallest absolute Gasteiger partial charge is 0.216 e. The van der Waals surface area contributed by atoms with Crippen LogP contribution >= 0.6 is 27.7 Å². The van der Waals surface area contributed by atoms with Crippen molar-refractivity contribution in [3.63, 3.8) is 0 Å². The van der Waals surface area contributed by atoms with Crippen molar-refractivity contribution in [1.82, 2.24) is 19.9 Å². The molecule has 0 amide bonds. The van der Waals surface area contributed by atoms with E-state index in [1.807, 2.05) is 0 Å². The van der Waals surface area contributed by atoms with Crippen molar-refractivity contribution >= 4 is 39.7 Å². The van der Waals surface area contributed by atoms with Gasteiger partial charge < -0.3 is 5.11 Å². The van der Waals surface area contributed by atoms with Crippen LogP contribution in [0.5, 0.6) is 5.75 Å². The molecular weight excluding hydrogens is 418 g/mol. The summed E-state index contributed by atoms with van der Waals surface area (Å²) in [7, 11) is 0. The Labute approximate surface area is 160 Å². The zero-order valence-corrected chi connectivity index (χ0v) is 15.5. The number of aromatic nitrogens is 4. The van der Waals surface area contributed by atoms with Crippen molar-refractivity contribution in [2.45, 2.75) is 5.16 Å². The molecule has 1 aliphatic heterocycles. The maximum absolute atomic E-state index is 12.7. The lowest BCUT2D eigenvalue weighted by molar-refractivity contribution is 0.103. The number of hydrogen-bond donors (Lipinski definition) is 1. The first-order valence-electron chi connectivity index (χ1n) is 7.43. The molecule has 128 valence electrons. The van der Waals surface area contributed by atoms with Gasteiger partial charge in [0.15, 0.2) is 11.6 Å². The quantitative estimate of drug-likeness (QED) is 0.642. The molecule has 0 atom stereocenters. The summed E-state index contributed by atoms with van der Waals surface area (Å²) < 4.78 is 2.27. The Morgan fingerprint density at radius 1 is 1.15 bits per heavy atom. The van der Waals surface area contributed by atoms with Gasteiger partial charge in [-0.3, -0.25) is 9.78 Å². The molecule has 0 saturated heterocycles. The Bertz CT molecular complexity index is 1060. The second-order valence-corrected chi connectivity index (χ2v) is 7.03. The molecule has 0 fully saturated rings. The highest BCUT2D eigenvalue weighted by molar-refractivity contribution is 9.10. The van der Waals surface area contributed by atoms with Gasteiger partial charge in [-0.05, 0) is 35.7 Å². The van der Waals surface area contributed by atoms with Gasteiger partial charge in [-0.1, -0.05) is 27.7 Å². The molecule has 0 unspecified atom stereocenters. The number of Topliss-reactive ketones (excluding diaryl/α,β-unsaturated/α-hetero) is 1. The van der Waals surface area contributed by atoms with Crippen molar-refractivity contribution < 1.29 is 9.90 Å². The minimum atomic E-state index is -0.329. The van der Waals surface area contributed by atoms with E-state index in [0.717, 1.165) is 5.56 Å². The number of carbonyl (C=O) groups is 1. The second kappa shape index (κ2) is 6.85. The SMILES string of the molecule is O=C(C1=CSc2nnc(-c3ccncc3)n2N=C1)c1cc(Br)ccc1O. The first-order valence-corrected chi connectivity index (χ1v) is 9.11. The number of ketones is 1. The van der Waals surface area contributed by atoms with Gasteiger partial charge in [-0.25, -0.2) is 0 Å². The lowest BCUT2D eigenvalue weighted by Gasteiger charge is -2.04. The van der Waals surface area contributed by atoms with Gasteiger partial charge in [0, 0.05) is 28.0 Å². The van der Waals surface area contributed by atoms with Gasteiger partial charge in [-0.15, -0.1) is 10.2 Å². The fraction of sp³-hybridized carbons (Fsp3) is 0. The average molecular weight is 428 g/mol. The van der Waals surface area contributed by atoms with E-state index in [-0.39, 0.29) is 17.1 Å². The molecule has 1 aromatic carbocycles. The predicted octanol–water partition coefficient (Wildman–Crippen LogP) is 3.51. The average Bonchev–Trinajstić information content (AvgIpc) is 2.95. The summed E-state index contributed by atoms with van der Waals surface area (Å²) in [5.41, 5.74) is 1.36. The van der Waals surface area contributed by atoms with Gasteiger partial charge >= 0.3 is 0 Å². The number of hydrogen-bond acceptors (Lipinski definition) is 7. The van der Waals surface area contributed by atoms with Crippen LogP contribution in [0.15, 0.2) is 68.4 Å². The number of phenolic OH excluding ortho intramolecular Hbond substituents is 1. The molecule has 2 aromatic heterocycles. The Kier molecular flexibility index (Phi) is 4.39. The number of benzene rings is 1. The van der Waals surface area contributed by atoms with Crippen molar-refractivity contribution in [2.75, 3.05) is 0 Å². The molecule has 0 bridgehead atoms. The normalized spacial score (nSPS) is 13.0. The maximum atomic E-state index is 12.7. The molecule has 26 heavy (non-hydrogen) atoms. The number of allylic oxidation sites excluding steroid dienone is 1. The van der Waals surface area contributed by atoms with E-state index in [1.165, 1.54) is 24.0 Å². The molecule has 0 saturated carbocycles. The van der Waals surface area contributed by atoms with Crippen molar-refractivity contribution in [3.8, 4) is 17.1 Å². The highest BCUT2D eigenvalue weighted by Gasteiger charge is 2.20. The third-order valence-electron chi connectivity index (χ3n) is 3.62. The number of aromatic hydroxyl groups is 1. The minimum absolute atomic E-state index is 0.0846. The van der Waals surface area contributed by atoms with Crippen LogP contribution in [0.3, 0.4) is 0 Å². The fourth-order valence-electron chi connectivity index (χ4n) is 2.35. The summed E-state index contributed by atoms with van der Waals surface area (Å²) in [6.45, 7) is 0. The fourth-order valence-corrected chi connectivity index (χ4v) is 3.43. The first kappa shape index (κ1) is 16.7. The van der Waals surface area contributed by atoms with Crippen LogP contribution in [0, 0.1) is 0 Å². The van der Waals surface area contributed by atoms with Crippen molar-refractivity contribution in [2.24, 2.45) is 5.10 Å². The summed E-state index contributed by atoms with van der Waals surface area (Å²) in [6, 6.07) is 8.32. The van der Waals surface area contributed by atoms with E-state index in [2.05, 4.69) is 36.2 Å². The molecule has 4 rings (SSSR count). The molecule has 3 heterocycles. The van der Waals surface area contributed by atoms with Crippen LogP contribution in [0.2, 0.25) is 0 Å². The highest BCUT2D eigenvalue weighted by Crippen LogP contribution is 2.29. The number of nitrogens with zero attached hydrogens (tertiary/aromatic N) is 5. The number of thioether (sulfide) groups is 1. The third kappa shape index (κ3) is 3.06. The van der Waals surface area contributed by atoms with Gasteiger partial charge in [-0.2, -0.15) is 9.78 Å². The topological polar surface area (TPSA) is 93.3 Å². The van der Waals surface area contributed by atoms with Crippen LogP contribution < -0.4 is 0 Å². The Balaban J connectivity index is 1.69. The van der Waals surface area contributed by atoms with E-state index in [4.69, 9.17) is 0 Å². The Morgan fingerprint density at radius 3 is 2.77 bits per heavy atom. The summed E-state index contributed by atoms with van der Waals surface area (Å²) in [4.78, 5) is 16.7. The molecular formula is C17H10BrN5O2S. The second-order valence-electron chi connectivity index (χ2n) is 5.28. The Morgan fingerprint density at radius 2 is 1.96 bits per heavy atom. The Hall–Kier alpha value is -2.78. The summed E-state index contributed by atoms with van der Waals surface area (Å²) in [5, 5.41) is 24.8. The van der Waals surface area contributed by atoms with Crippen molar-refractivity contribution in [1.29, 1.82) is 0 Å². The monoisotopic (exact) mass is 427 g/mol. The first-order chi connectivity index (χ1) is 12.6. The standard InChI is InChI=1S/C17H10BrN5O2S/c18-12-1-2-14(24)13(7-12)15(25)11-8-20-23-16(10-3-5-19-6-4-10)21-22-17(23)26-9-11/h1-9,24H.